The summed E-state index contributed by atoms with van der Waals surface area (Å²) in [6.45, 7) is 20.3. The molecule has 0 aliphatic heterocycles. The molecule has 56 heavy (non-hydrogen) atoms. The number of nitrogens with one attached hydrogen (secondary N) is 4. The lowest BCUT2D eigenvalue weighted by atomic mass is 9.78. The van der Waals surface area contributed by atoms with E-state index in [9.17, 15) is 14.4 Å². The Morgan fingerprint density at radius 3 is 1.82 bits per heavy atom. The topological polar surface area (TPSA) is 258 Å². The van der Waals surface area contributed by atoms with Crippen molar-refractivity contribution >= 4 is 40.5 Å². The first-order chi connectivity index (χ1) is 26.0. The largest absolute Gasteiger partial charge is 0.370 e. The zero-order chi connectivity index (χ0) is 42.0. The number of rotatable bonds is 17. The quantitative estimate of drug-likeness (QED) is 0.0557. The Bertz CT molecular complexity index is 1850. The number of nitrogens with zero attached hydrogens (tertiary/aromatic N) is 2. The lowest BCUT2D eigenvalue weighted by Crippen LogP contribution is -2.56. The summed E-state index contributed by atoms with van der Waals surface area (Å²) in [6.07, 6.45) is 1.55. The van der Waals surface area contributed by atoms with E-state index in [0.717, 1.165) is 38.9 Å². The van der Waals surface area contributed by atoms with Crippen molar-refractivity contribution in [3.8, 4) is 0 Å². The number of amides is 3. The van der Waals surface area contributed by atoms with Gasteiger partial charge >= 0.3 is 0 Å². The maximum Gasteiger partial charge on any atom is 0.243 e. The zero-order valence-electron chi connectivity index (χ0n) is 34.9. The highest BCUT2D eigenvalue weighted by molar-refractivity contribution is 5.95. The van der Waals surface area contributed by atoms with Gasteiger partial charge in [0.05, 0.1) is 6.04 Å². The fourth-order valence-corrected chi connectivity index (χ4v) is 6.52. The fourth-order valence-electron chi connectivity index (χ4n) is 6.52. The number of hydrogen-bond donors (Lipinski definition) is 9. The van der Waals surface area contributed by atoms with Crippen LogP contribution in [0.3, 0.4) is 0 Å². The molecule has 0 saturated heterocycles. The Labute approximate surface area is 332 Å². The van der Waals surface area contributed by atoms with Gasteiger partial charge in [0.1, 0.15) is 12.1 Å². The summed E-state index contributed by atoms with van der Waals surface area (Å²) in [5.41, 5.74) is 33.7. The predicted molar refractivity (Wildman–Crippen MR) is 228 cm³/mol. The van der Waals surface area contributed by atoms with Gasteiger partial charge in [0.2, 0.25) is 17.7 Å². The van der Waals surface area contributed by atoms with Crippen molar-refractivity contribution in [2.45, 2.75) is 135 Å². The average Bonchev–Trinajstić information content (AvgIpc) is 3.47. The van der Waals surface area contributed by atoms with E-state index in [1.54, 1.807) is 0 Å². The number of nitrogens with two attached hydrogens (primary N) is 5. The standard InChI is InChI=1S/C42H67N11O3/c1-40(2,3)26-21-27-28(34(42(7,8)9)53-33(27)29(22-26)41(4,5)6)23-32(52-35(54)30(43)17-13-19-48-38(44)45)37(56)51-31(18-14-20-49-39(46)47)36(55)50-24-25-15-11-10-12-16-25/h10-12,15-16,21-22,30-32,53H,13-14,17-20,23-24,43H2,1-9H3,(H,50,55)(H,51,56)(H,52,54)(H4,44,45,48)(H4,46,47,49)/t30-,31-,32-/m0/s1. The predicted octanol–water partition coefficient (Wildman–Crippen LogP) is 3.32. The number of aliphatic imine (C=N–C) groups is 2. The van der Waals surface area contributed by atoms with Gasteiger partial charge in [-0.25, -0.2) is 0 Å². The van der Waals surface area contributed by atoms with Crippen molar-refractivity contribution in [1.29, 1.82) is 0 Å². The molecule has 308 valence electrons. The van der Waals surface area contributed by atoms with E-state index < -0.39 is 29.9 Å². The van der Waals surface area contributed by atoms with Gasteiger partial charge in [-0.1, -0.05) is 98.7 Å². The Morgan fingerprint density at radius 2 is 1.29 bits per heavy atom. The highest BCUT2D eigenvalue weighted by Gasteiger charge is 2.34. The van der Waals surface area contributed by atoms with Gasteiger partial charge in [-0.3, -0.25) is 24.4 Å². The van der Waals surface area contributed by atoms with Gasteiger partial charge in [-0.15, -0.1) is 0 Å². The molecule has 0 bridgehead atoms. The molecular formula is C42H67N11O3. The summed E-state index contributed by atoms with van der Waals surface area (Å²) in [4.78, 5) is 53.8. The minimum absolute atomic E-state index is 0.0435. The third-order valence-corrected chi connectivity index (χ3v) is 9.67. The number of aromatic nitrogens is 1. The summed E-state index contributed by atoms with van der Waals surface area (Å²) in [5.74, 6) is -1.51. The molecule has 0 aliphatic rings. The molecule has 3 aromatic rings. The number of H-pyrrole nitrogens is 1. The van der Waals surface area contributed by atoms with Gasteiger partial charge in [0.15, 0.2) is 11.9 Å². The first kappa shape index (κ1) is 45.3. The van der Waals surface area contributed by atoms with Crippen LogP contribution in [-0.2, 0) is 43.6 Å². The smallest absolute Gasteiger partial charge is 0.243 e. The van der Waals surface area contributed by atoms with E-state index >= 15 is 0 Å². The van der Waals surface area contributed by atoms with Crippen LogP contribution in [0.2, 0.25) is 0 Å². The maximum absolute atomic E-state index is 14.6. The summed E-state index contributed by atoms with van der Waals surface area (Å²) < 4.78 is 0. The molecule has 0 spiro atoms. The van der Waals surface area contributed by atoms with E-state index in [2.05, 4.69) is 105 Å². The Morgan fingerprint density at radius 1 is 0.714 bits per heavy atom. The van der Waals surface area contributed by atoms with E-state index in [-0.39, 0.29) is 66.4 Å². The molecular weight excluding hydrogens is 707 g/mol. The van der Waals surface area contributed by atoms with Crippen molar-refractivity contribution in [1.82, 2.24) is 20.9 Å². The molecule has 1 aromatic heterocycles. The van der Waals surface area contributed by atoms with Crippen molar-refractivity contribution in [2.24, 2.45) is 38.7 Å². The number of carbonyl (C=O) groups is 3. The Hall–Kier alpha value is -5.11. The van der Waals surface area contributed by atoms with Crippen LogP contribution >= 0.6 is 0 Å². The van der Waals surface area contributed by atoms with E-state index in [0.29, 0.717) is 19.4 Å². The zero-order valence-corrected chi connectivity index (χ0v) is 34.9. The average molecular weight is 774 g/mol. The molecule has 3 rings (SSSR count). The molecule has 0 radical (unpaired) electrons. The highest BCUT2D eigenvalue weighted by atomic mass is 16.2. The summed E-state index contributed by atoms with van der Waals surface area (Å²) in [5, 5.41) is 9.86. The first-order valence-corrected chi connectivity index (χ1v) is 19.5. The molecule has 14 nitrogen and oxygen atoms in total. The Kier molecular flexibility index (Phi) is 15.5. The summed E-state index contributed by atoms with van der Waals surface area (Å²) in [6, 6.07) is 11.0. The van der Waals surface area contributed by atoms with Crippen molar-refractivity contribution in [2.75, 3.05) is 13.1 Å². The number of hydrogen-bond acceptors (Lipinski definition) is 6. The van der Waals surface area contributed by atoms with E-state index in [1.165, 1.54) is 0 Å². The third kappa shape index (κ3) is 13.3. The van der Waals surface area contributed by atoms with Crippen molar-refractivity contribution in [3.05, 3.63) is 70.4 Å². The van der Waals surface area contributed by atoms with Crippen LogP contribution in [0.5, 0.6) is 0 Å². The molecule has 0 saturated carbocycles. The molecule has 3 atom stereocenters. The summed E-state index contributed by atoms with van der Waals surface area (Å²) in [7, 11) is 0. The second kappa shape index (κ2) is 19.2. The van der Waals surface area contributed by atoms with Crippen LogP contribution < -0.4 is 44.6 Å². The Balaban J connectivity index is 2.12. The molecule has 0 unspecified atom stereocenters. The second-order valence-electron chi connectivity index (χ2n) is 17.7. The highest BCUT2D eigenvalue weighted by Crippen LogP contribution is 2.40. The molecule has 1 heterocycles. The SMILES string of the molecule is CC(C)(C)c1cc(C(C)(C)C)c2[nH]c(C(C)(C)C)c(C[C@H](NC(=O)[C@@H](N)CCCN=C(N)N)C(=O)N[C@@H](CCCN=C(N)N)C(=O)NCc3ccccc3)c2c1. The minimum atomic E-state index is -1.09. The van der Waals surface area contributed by atoms with Gasteiger partial charge < -0.3 is 49.6 Å². The van der Waals surface area contributed by atoms with Crippen LogP contribution in [0.1, 0.15) is 116 Å². The molecule has 2 aromatic carbocycles. The molecule has 3 amide bonds. The second-order valence-corrected chi connectivity index (χ2v) is 17.7. The first-order valence-electron chi connectivity index (χ1n) is 19.5. The van der Waals surface area contributed by atoms with Crippen LogP contribution in [0.25, 0.3) is 10.9 Å². The number of benzene rings is 2. The van der Waals surface area contributed by atoms with E-state index in [1.807, 2.05) is 30.3 Å². The lowest BCUT2D eigenvalue weighted by molar-refractivity contribution is -0.132. The third-order valence-electron chi connectivity index (χ3n) is 9.67. The lowest BCUT2D eigenvalue weighted by Gasteiger charge is -2.27. The van der Waals surface area contributed by atoms with Gasteiger partial charge in [0, 0.05) is 48.1 Å². The van der Waals surface area contributed by atoms with E-state index in [4.69, 9.17) is 28.7 Å². The monoisotopic (exact) mass is 774 g/mol. The van der Waals surface area contributed by atoms with Crippen LogP contribution in [0.4, 0.5) is 0 Å². The minimum Gasteiger partial charge on any atom is -0.370 e. The normalized spacial score (nSPS) is 13.7. The van der Waals surface area contributed by atoms with Gasteiger partial charge in [-0.05, 0) is 64.8 Å². The molecule has 14 heteroatoms. The number of aromatic amines is 1. The van der Waals surface area contributed by atoms with Crippen molar-refractivity contribution < 1.29 is 14.4 Å². The number of fused-ring (bicyclic) bond motifs is 1. The van der Waals surface area contributed by atoms with Gasteiger partial charge in [0.25, 0.3) is 0 Å². The van der Waals surface area contributed by atoms with Crippen LogP contribution in [0.15, 0.2) is 52.4 Å². The fraction of sp³-hybridized carbons (Fsp3) is 0.548. The maximum atomic E-state index is 14.6. The molecule has 0 fully saturated rings. The molecule has 0 aliphatic carbocycles. The number of carbonyl (C=O) groups excluding carboxylic acids is 3. The van der Waals surface area contributed by atoms with Crippen molar-refractivity contribution in [3.63, 3.8) is 0 Å². The van der Waals surface area contributed by atoms with Crippen LogP contribution in [-0.4, -0.2) is 65.8 Å². The van der Waals surface area contributed by atoms with Crippen LogP contribution in [0, 0.1) is 0 Å². The molecule has 14 N–H and O–H groups in total. The number of guanidine groups is 2. The summed E-state index contributed by atoms with van der Waals surface area (Å²) >= 11 is 0. The van der Waals surface area contributed by atoms with Gasteiger partial charge in [-0.2, -0.15) is 0 Å².